The van der Waals surface area contributed by atoms with Gasteiger partial charge in [0.2, 0.25) is 0 Å². The van der Waals surface area contributed by atoms with Gasteiger partial charge in [-0.15, -0.1) is 11.8 Å². The summed E-state index contributed by atoms with van der Waals surface area (Å²) < 4.78 is 0. The molecule has 27 heavy (non-hydrogen) atoms. The number of aryl methyl sites for hydroxylation is 1. The van der Waals surface area contributed by atoms with Crippen LogP contribution in [0.3, 0.4) is 0 Å². The normalized spacial score (nSPS) is 11.8. The van der Waals surface area contributed by atoms with Gasteiger partial charge in [0.1, 0.15) is 5.75 Å². The molecule has 0 fully saturated rings. The maximum Gasteiger partial charge on any atom is 0.296 e. The number of fused-ring (bicyclic) bond motifs is 1. The highest BCUT2D eigenvalue weighted by Gasteiger charge is 2.27. The minimum atomic E-state index is -0.529. The molecule has 0 bridgehead atoms. The van der Waals surface area contributed by atoms with Gasteiger partial charge in [-0.05, 0) is 54.0 Å². The number of phenolic OH excluding ortho intramolecular Hbond substituents is 1. The van der Waals surface area contributed by atoms with E-state index < -0.39 is 11.7 Å². The molecule has 0 spiro atoms. The number of carbonyl (C=O) groups is 2. The molecule has 4 nitrogen and oxygen atoms in total. The van der Waals surface area contributed by atoms with Gasteiger partial charge in [-0.1, -0.05) is 46.8 Å². The average molecular weight is 388 g/mol. The van der Waals surface area contributed by atoms with Crippen LogP contribution >= 0.6 is 11.8 Å². The van der Waals surface area contributed by atoms with Crippen molar-refractivity contribution in [3.8, 4) is 5.75 Å². The molecule has 2 aromatic rings. The van der Waals surface area contributed by atoms with Crippen LogP contribution in [0.15, 0.2) is 47.4 Å². The van der Waals surface area contributed by atoms with Crippen LogP contribution in [0.4, 0.5) is 5.69 Å². The number of amides is 1. The summed E-state index contributed by atoms with van der Waals surface area (Å²) in [5, 5.41) is 11.4. The predicted octanol–water partition coefficient (Wildman–Crippen LogP) is 5.55. The summed E-state index contributed by atoms with van der Waals surface area (Å²) in [5.41, 5.74) is 2.38. The number of anilines is 1. The Bertz CT molecular complexity index is 752. The summed E-state index contributed by atoms with van der Waals surface area (Å²) in [6, 6.07) is 12.7. The van der Waals surface area contributed by atoms with E-state index in [1.165, 1.54) is 5.56 Å². The van der Waals surface area contributed by atoms with Gasteiger partial charge in [0.05, 0.1) is 11.3 Å². The number of benzene rings is 2. The van der Waals surface area contributed by atoms with Crippen molar-refractivity contribution in [1.29, 1.82) is 0 Å². The lowest BCUT2D eigenvalue weighted by atomic mass is 10.1. The molecule has 0 saturated heterocycles. The highest BCUT2D eigenvalue weighted by atomic mass is 32.2. The van der Waals surface area contributed by atoms with E-state index in [-0.39, 0.29) is 0 Å². The van der Waals surface area contributed by atoms with Crippen molar-refractivity contribution in [3.63, 3.8) is 0 Å². The number of phenols is 1. The monoisotopic (exact) mass is 387 g/mol. The van der Waals surface area contributed by atoms with Crippen molar-refractivity contribution in [1.82, 2.24) is 0 Å². The fourth-order valence-corrected chi connectivity index (χ4v) is 2.81. The van der Waals surface area contributed by atoms with Gasteiger partial charge >= 0.3 is 0 Å². The average Bonchev–Trinajstić information content (AvgIpc) is 2.90. The van der Waals surface area contributed by atoms with Crippen LogP contribution in [0.2, 0.25) is 0 Å². The quantitative estimate of drug-likeness (QED) is 0.535. The number of nitrogens with one attached hydrogen (secondary N) is 1. The summed E-state index contributed by atoms with van der Waals surface area (Å²) >= 11 is 1.65. The Kier molecular flexibility index (Phi) is 9.65. The number of carbonyl (C=O) groups excluding carboxylic acids is 2. The van der Waals surface area contributed by atoms with E-state index in [4.69, 9.17) is 5.11 Å². The molecule has 3 rings (SSSR count). The molecule has 0 aromatic heterocycles. The third kappa shape index (κ3) is 7.87. The molecule has 2 aromatic carbocycles. The van der Waals surface area contributed by atoms with Crippen molar-refractivity contribution < 1.29 is 14.7 Å². The SMILES string of the molecule is CC(C)C.CCSc1ccc2c(c1)C(=O)C(=O)N2.CCc1ccc(O)cc1. The molecule has 1 amide bonds. The third-order valence-corrected chi connectivity index (χ3v) is 4.22. The van der Waals surface area contributed by atoms with E-state index in [1.54, 1.807) is 36.0 Å². The third-order valence-electron chi connectivity index (χ3n) is 3.35. The second-order valence-corrected chi connectivity index (χ2v) is 8.01. The number of Topliss-reactive ketones (excluding diaryl/α,β-unsaturated/α-hetero) is 1. The highest BCUT2D eigenvalue weighted by molar-refractivity contribution is 7.99. The topological polar surface area (TPSA) is 66.4 Å². The Morgan fingerprint density at radius 2 is 1.59 bits per heavy atom. The van der Waals surface area contributed by atoms with Gasteiger partial charge in [-0.3, -0.25) is 9.59 Å². The number of rotatable bonds is 3. The number of thioether (sulfide) groups is 1. The zero-order valence-electron chi connectivity index (χ0n) is 16.7. The van der Waals surface area contributed by atoms with Crippen molar-refractivity contribution in [2.24, 2.45) is 5.92 Å². The zero-order chi connectivity index (χ0) is 20.4. The van der Waals surface area contributed by atoms with Crippen LogP contribution in [0.25, 0.3) is 0 Å². The van der Waals surface area contributed by atoms with E-state index in [2.05, 4.69) is 33.0 Å². The Hall–Kier alpha value is -2.27. The zero-order valence-corrected chi connectivity index (χ0v) is 17.5. The number of aromatic hydroxyl groups is 1. The lowest BCUT2D eigenvalue weighted by molar-refractivity contribution is -0.112. The summed E-state index contributed by atoms with van der Waals surface area (Å²) in [4.78, 5) is 23.4. The van der Waals surface area contributed by atoms with Gasteiger partial charge in [0.15, 0.2) is 0 Å². The maximum atomic E-state index is 11.3. The molecule has 1 heterocycles. The number of ketones is 1. The van der Waals surface area contributed by atoms with Crippen molar-refractivity contribution in [2.75, 3.05) is 11.1 Å². The van der Waals surface area contributed by atoms with Gasteiger partial charge in [-0.2, -0.15) is 0 Å². The van der Waals surface area contributed by atoms with Gasteiger partial charge in [-0.25, -0.2) is 0 Å². The van der Waals surface area contributed by atoms with Crippen LogP contribution < -0.4 is 5.32 Å². The molecule has 146 valence electrons. The van der Waals surface area contributed by atoms with Crippen molar-refractivity contribution in [3.05, 3.63) is 53.6 Å². The summed E-state index contributed by atoms with van der Waals surface area (Å²) in [6.45, 7) is 10.6. The van der Waals surface area contributed by atoms with Gasteiger partial charge in [0.25, 0.3) is 11.7 Å². The summed E-state index contributed by atoms with van der Waals surface area (Å²) in [7, 11) is 0. The molecular formula is C22H29NO3S. The Balaban J connectivity index is 0.000000241. The smallest absolute Gasteiger partial charge is 0.296 e. The standard InChI is InChI=1S/C10H9NO2S.C8H10O.C4H10/c1-2-14-6-3-4-8-7(5-6)9(12)10(13)11-8;1-2-7-3-5-8(9)6-4-7;1-4(2)3/h3-5H,2H2,1H3,(H,11,12,13);3-6,9H,2H2,1H3;4H,1-3H3. The predicted molar refractivity (Wildman–Crippen MR) is 114 cm³/mol. The minimum Gasteiger partial charge on any atom is -0.508 e. The fraction of sp³-hybridized carbons (Fsp3) is 0.364. The van der Waals surface area contributed by atoms with Crippen LogP contribution in [0.1, 0.15) is 50.5 Å². The molecule has 5 heteroatoms. The Morgan fingerprint density at radius 3 is 2.11 bits per heavy atom. The molecular weight excluding hydrogens is 358 g/mol. The lowest BCUT2D eigenvalue weighted by Crippen LogP contribution is -2.12. The molecule has 1 aliphatic heterocycles. The van der Waals surface area contributed by atoms with Crippen LogP contribution in [-0.4, -0.2) is 22.5 Å². The second-order valence-electron chi connectivity index (χ2n) is 6.68. The molecule has 0 saturated carbocycles. The van der Waals surface area contributed by atoms with E-state index in [1.807, 2.05) is 25.1 Å². The molecule has 0 unspecified atom stereocenters. The fourth-order valence-electron chi connectivity index (χ4n) is 2.11. The lowest BCUT2D eigenvalue weighted by Gasteiger charge is -2.00. The summed E-state index contributed by atoms with van der Waals surface area (Å²) in [6.07, 6.45) is 1.03. The van der Waals surface area contributed by atoms with E-state index in [0.29, 0.717) is 17.0 Å². The number of hydrogen-bond acceptors (Lipinski definition) is 4. The number of hydrogen-bond donors (Lipinski definition) is 2. The molecule has 0 radical (unpaired) electrons. The van der Waals surface area contributed by atoms with Crippen LogP contribution in [0.5, 0.6) is 5.75 Å². The van der Waals surface area contributed by atoms with E-state index in [9.17, 15) is 9.59 Å². The first kappa shape index (κ1) is 22.8. The van der Waals surface area contributed by atoms with Gasteiger partial charge in [0, 0.05) is 4.90 Å². The van der Waals surface area contributed by atoms with Gasteiger partial charge < -0.3 is 10.4 Å². The first-order chi connectivity index (χ1) is 12.8. The van der Waals surface area contributed by atoms with E-state index in [0.717, 1.165) is 23.0 Å². The molecule has 2 N–H and O–H groups in total. The van der Waals surface area contributed by atoms with Crippen LogP contribution in [0, 0.1) is 5.92 Å². The molecule has 0 atom stereocenters. The largest absolute Gasteiger partial charge is 0.508 e. The van der Waals surface area contributed by atoms with Crippen molar-refractivity contribution >= 4 is 29.1 Å². The molecule has 0 aliphatic carbocycles. The first-order valence-electron chi connectivity index (χ1n) is 9.18. The Morgan fingerprint density at radius 1 is 1.00 bits per heavy atom. The minimum absolute atomic E-state index is 0.340. The maximum absolute atomic E-state index is 11.3. The van der Waals surface area contributed by atoms with Crippen molar-refractivity contribution in [2.45, 2.75) is 45.9 Å². The summed E-state index contributed by atoms with van der Waals surface area (Å²) in [5.74, 6) is 1.17. The van der Waals surface area contributed by atoms with Crippen LogP contribution in [-0.2, 0) is 11.2 Å². The second kappa shape index (κ2) is 11.4. The highest BCUT2D eigenvalue weighted by Crippen LogP contribution is 2.28. The van der Waals surface area contributed by atoms with E-state index >= 15 is 0 Å². The molecule has 1 aliphatic rings. The Labute approximate surface area is 166 Å². The first-order valence-corrected chi connectivity index (χ1v) is 10.2.